The first kappa shape index (κ1) is 28.0. The summed E-state index contributed by atoms with van der Waals surface area (Å²) in [7, 11) is 1.61. The SMILES string of the molecule is CCCSc1nc2n(n1)C(c1cc(Br)c(OC(C)C)c(OC)c1)C(C(=O)Nc1cccc(C)c1C)=C(C)N2. The first-order chi connectivity index (χ1) is 18.1. The Morgan fingerprint density at radius 2 is 2.03 bits per heavy atom. The quantitative estimate of drug-likeness (QED) is 0.259. The van der Waals surface area contributed by atoms with Gasteiger partial charge in [0.1, 0.15) is 6.04 Å². The van der Waals surface area contributed by atoms with Crippen molar-refractivity contribution in [1.29, 1.82) is 0 Å². The van der Waals surface area contributed by atoms with E-state index in [-0.39, 0.29) is 12.0 Å². The predicted octanol–water partition coefficient (Wildman–Crippen LogP) is 6.88. The molecule has 1 amide bonds. The van der Waals surface area contributed by atoms with Crippen LogP contribution < -0.4 is 20.1 Å². The van der Waals surface area contributed by atoms with E-state index in [9.17, 15) is 4.79 Å². The molecule has 0 aliphatic carbocycles. The Balaban J connectivity index is 1.84. The number of benzene rings is 2. The van der Waals surface area contributed by atoms with E-state index in [1.165, 1.54) is 0 Å². The Labute approximate surface area is 236 Å². The van der Waals surface area contributed by atoms with Gasteiger partial charge in [0.15, 0.2) is 11.5 Å². The van der Waals surface area contributed by atoms with Crippen molar-refractivity contribution in [1.82, 2.24) is 14.8 Å². The first-order valence-electron chi connectivity index (χ1n) is 12.6. The maximum absolute atomic E-state index is 13.9. The van der Waals surface area contributed by atoms with Crippen molar-refractivity contribution in [2.45, 2.75) is 65.3 Å². The monoisotopic (exact) mass is 599 g/mol. The van der Waals surface area contributed by atoms with Crippen molar-refractivity contribution in [3.05, 3.63) is 62.8 Å². The number of halogens is 1. The van der Waals surface area contributed by atoms with Crippen LogP contribution in [0.5, 0.6) is 11.5 Å². The van der Waals surface area contributed by atoms with Crippen LogP contribution in [0.3, 0.4) is 0 Å². The minimum absolute atomic E-state index is 0.0361. The molecule has 0 bridgehead atoms. The number of anilines is 2. The molecule has 0 radical (unpaired) electrons. The summed E-state index contributed by atoms with van der Waals surface area (Å²) in [4.78, 5) is 18.6. The van der Waals surface area contributed by atoms with Crippen LogP contribution >= 0.6 is 27.7 Å². The number of hydrogen-bond acceptors (Lipinski definition) is 7. The molecule has 10 heteroatoms. The molecular formula is C28H34BrN5O3S. The zero-order valence-electron chi connectivity index (χ0n) is 22.8. The molecule has 202 valence electrons. The summed E-state index contributed by atoms with van der Waals surface area (Å²) in [5.74, 6) is 2.46. The van der Waals surface area contributed by atoms with Crippen molar-refractivity contribution < 1.29 is 14.3 Å². The molecule has 1 atom stereocenters. The van der Waals surface area contributed by atoms with Gasteiger partial charge in [-0.15, -0.1) is 5.10 Å². The molecule has 4 rings (SSSR count). The van der Waals surface area contributed by atoms with E-state index in [1.807, 2.05) is 65.0 Å². The van der Waals surface area contributed by atoms with E-state index in [0.29, 0.717) is 33.9 Å². The molecule has 1 unspecified atom stereocenters. The van der Waals surface area contributed by atoms with E-state index in [0.717, 1.165) is 39.0 Å². The molecule has 1 aliphatic heterocycles. The zero-order chi connectivity index (χ0) is 27.6. The summed E-state index contributed by atoms with van der Waals surface area (Å²) in [6.07, 6.45) is 0.972. The number of rotatable bonds is 9. The molecule has 3 aromatic rings. The molecular weight excluding hydrogens is 566 g/mol. The van der Waals surface area contributed by atoms with Gasteiger partial charge in [-0.2, -0.15) is 4.98 Å². The van der Waals surface area contributed by atoms with Gasteiger partial charge in [0, 0.05) is 17.1 Å². The smallest absolute Gasteiger partial charge is 0.255 e. The van der Waals surface area contributed by atoms with Crippen LogP contribution in [0.2, 0.25) is 0 Å². The minimum atomic E-state index is -0.543. The molecule has 2 N–H and O–H groups in total. The van der Waals surface area contributed by atoms with Crippen LogP contribution in [0.15, 0.2) is 51.2 Å². The minimum Gasteiger partial charge on any atom is -0.493 e. The van der Waals surface area contributed by atoms with E-state index in [1.54, 1.807) is 23.6 Å². The maximum Gasteiger partial charge on any atom is 0.255 e. The fraction of sp³-hybridized carbons (Fsp3) is 0.393. The Bertz CT molecular complexity index is 1390. The highest BCUT2D eigenvalue weighted by Crippen LogP contribution is 2.43. The number of fused-ring (bicyclic) bond motifs is 1. The molecule has 0 saturated heterocycles. The summed E-state index contributed by atoms with van der Waals surface area (Å²) < 4.78 is 14.2. The zero-order valence-corrected chi connectivity index (χ0v) is 25.2. The van der Waals surface area contributed by atoms with E-state index in [4.69, 9.17) is 19.6 Å². The lowest BCUT2D eigenvalue weighted by Gasteiger charge is -2.29. The van der Waals surface area contributed by atoms with Crippen LogP contribution in [-0.2, 0) is 4.79 Å². The molecule has 0 fully saturated rings. The van der Waals surface area contributed by atoms with Crippen molar-refractivity contribution in [2.75, 3.05) is 23.5 Å². The number of nitrogens with zero attached hydrogens (tertiary/aromatic N) is 3. The lowest BCUT2D eigenvalue weighted by atomic mass is 9.94. The topological polar surface area (TPSA) is 90.3 Å². The molecule has 8 nitrogen and oxygen atoms in total. The number of hydrogen-bond donors (Lipinski definition) is 2. The standard InChI is InChI=1S/C28H34BrN5O3S/c1-8-12-38-28-32-27-30-18(6)23(26(35)31-21-11-9-10-16(4)17(21)5)24(34(27)33-28)19-13-20(29)25(37-15(2)3)22(14-19)36-7/h9-11,13-15,24H,8,12H2,1-7H3,(H,31,35)(H,30,32,33). The van der Waals surface area contributed by atoms with E-state index < -0.39 is 6.04 Å². The highest BCUT2D eigenvalue weighted by molar-refractivity contribution is 9.10. The second-order valence-electron chi connectivity index (χ2n) is 9.48. The van der Waals surface area contributed by atoms with Gasteiger partial charge in [0.05, 0.1) is 23.3 Å². The number of methoxy groups -OCH3 is 1. The Morgan fingerprint density at radius 1 is 1.26 bits per heavy atom. The Hall–Kier alpha value is -2.98. The van der Waals surface area contributed by atoms with Gasteiger partial charge < -0.3 is 20.1 Å². The summed E-state index contributed by atoms with van der Waals surface area (Å²) in [6, 6.07) is 9.21. The summed E-state index contributed by atoms with van der Waals surface area (Å²) >= 11 is 5.26. The number of allylic oxidation sites excluding steroid dienone is 1. The third-order valence-corrected chi connectivity index (χ3v) is 7.92. The van der Waals surface area contributed by atoms with Gasteiger partial charge in [-0.25, -0.2) is 4.68 Å². The van der Waals surface area contributed by atoms with Gasteiger partial charge >= 0.3 is 0 Å². The molecule has 0 saturated carbocycles. The highest BCUT2D eigenvalue weighted by atomic mass is 79.9. The highest BCUT2D eigenvalue weighted by Gasteiger charge is 2.35. The maximum atomic E-state index is 13.9. The van der Waals surface area contributed by atoms with Crippen molar-refractivity contribution in [3.63, 3.8) is 0 Å². The molecule has 38 heavy (non-hydrogen) atoms. The van der Waals surface area contributed by atoms with Gasteiger partial charge in [0.2, 0.25) is 11.1 Å². The lowest BCUT2D eigenvalue weighted by Crippen LogP contribution is -2.31. The fourth-order valence-corrected chi connectivity index (χ4v) is 5.55. The average Bonchev–Trinajstić information content (AvgIpc) is 3.27. The number of carbonyl (C=O) groups excluding carboxylic acids is 1. The van der Waals surface area contributed by atoms with Gasteiger partial charge in [-0.3, -0.25) is 4.79 Å². The van der Waals surface area contributed by atoms with Crippen LogP contribution in [-0.4, -0.2) is 39.6 Å². The second kappa shape index (κ2) is 11.8. The number of amides is 1. The number of aromatic nitrogens is 3. The van der Waals surface area contributed by atoms with Crippen LogP contribution in [0.4, 0.5) is 11.6 Å². The summed E-state index contributed by atoms with van der Waals surface area (Å²) in [6.45, 7) is 12.0. The molecule has 2 aromatic carbocycles. The third-order valence-electron chi connectivity index (χ3n) is 6.29. The largest absolute Gasteiger partial charge is 0.493 e. The number of nitrogens with one attached hydrogen (secondary N) is 2. The van der Waals surface area contributed by atoms with Crippen molar-refractivity contribution in [2.24, 2.45) is 0 Å². The number of thioether (sulfide) groups is 1. The van der Waals surface area contributed by atoms with E-state index >= 15 is 0 Å². The molecule has 1 aromatic heterocycles. The van der Waals surface area contributed by atoms with Crippen LogP contribution in [0, 0.1) is 13.8 Å². The van der Waals surface area contributed by atoms with Gasteiger partial charge in [-0.1, -0.05) is 30.8 Å². The molecule has 0 spiro atoms. The van der Waals surface area contributed by atoms with Crippen LogP contribution in [0.25, 0.3) is 0 Å². The summed E-state index contributed by atoms with van der Waals surface area (Å²) in [5.41, 5.74) is 4.98. The second-order valence-corrected chi connectivity index (χ2v) is 11.4. The molecule has 2 heterocycles. The number of carbonyl (C=O) groups is 1. The fourth-order valence-electron chi connectivity index (χ4n) is 4.31. The number of ether oxygens (including phenoxy) is 2. The molecule has 1 aliphatic rings. The van der Waals surface area contributed by atoms with Crippen molar-refractivity contribution in [3.8, 4) is 11.5 Å². The van der Waals surface area contributed by atoms with Gasteiger partial charge in [-0.05, 0) is 91.9 Å². The third kappa shape index (κ3) is 5.71. The van der Waals surface area contributed by atoms with Gasteiger partial charge in [0.25, 0.3) is 5.91 Å². The lowest BCUT2D eigenvalue weighted by molar-refractivity contribution is -0.113. The van der Waals surface area contributed by atoms with Crippen LogP contribution in [0.1, 0.15) is 56.8 Å². The first-order valence-corrected chi connectivity index (χ1v) is 14.4. The average molecular weight is 601 g/mol. The van der Waals surface area contributed by atoms with E-state index in [2.05, 4.69) is 33.5 Å². The predicted molar refractivity (Wildman–Crippen MR) is 157 cm³/mol. The summed E-state index contributed by atoms with van der Waals surface area (Å²) in [5, 5.41) is 11.9. The number of aryl methyl sites for hydroxylation is 1. The normalized spacial score (nSPS) is 14.8. The van der Waals surface area contributed by atoms with Crippen molar-refractivity contribution >= 4 is 45.2 Å². The Kier molecular flexibility index (Phi) is 8.72. The Morgan fingerprint density at radius 3 is 2.71 bits per heavy atom.